The summed E-state index contributed by atoms with van der Waals surface area (Å²) in [7, 11) is 0. The monoisotopic (exact) mass is 290 g/mol. The van der Waals surface area contributed by atoms with Crippen molar-refractivity contribution in [3.05, 3.63) is 29.6 Å². The molecule has 1 aliphatic carbocycles. The molecule has 0 amide bonds. The molecule has 0 radical (unpaired) electrons. The second kappa shape index (κ2) is 5.40. The van der Waals surface area contributed by atoms with E-state index in [-0.39, 0.29) is 0 Å². The van der Waals surface area contributed by atoms with Crippen LogP contribution in [-0.2, 0) is 12.4 Å². The van der Waals surface area contributed by atoms with Gasteiger partial charge in [-0.05, 0) is 49.3 Å². The molecule has 2 aromatic rings. The van der Waals surface area contributed by atoms with E-state index in [2.05, 4.69) is 36.6 Å². The average Bonchev–Trinajstić information content (AvgIpc) is 3.04. The molecular formula is C17H23ClN2. The Bertz CT molecular complexity index is 609. The summed E-state index contributed by atoms with van der Waals surface area (Å²) in [5, 5.41) is 0. The van der Waals surface area contributed by atoms with Crippen molar-refractivity contribution in [3.8, 4) is 0 Å². The average molecular weight is 291 g/mol. The molecular weight excluding hydrogens is 268 g/mol. The maximum atomic E-state index is 6.13. The van der Waals surface area contributed by atoms with Crippen LogP contribution in [0.5, 0.6) is 0 Å². The van der Waals surface area contributed by atoms with Crippen LogP contribution in [0.2, 0.25) is 0 Å². The molecule has 3 rings (SSSR count). The lowest BCUT2D eigenvalue weighted by Gasteiger charge is -2.29. The maximum Gasteiger partial charge on any atom is 0.124 e. The van der Waals surface area contributed by atoms with Gasteiger partial charge in [-0.3, -0.25) is 0 Å². The first-order valence-corrected chi connectivity index (χ1v) is 8.23. The molecule has 0 unspecified atom stereocenters. The van der Waals surface area contributed by atoms with Gasteiger partial charge in [-0.15, -0.1) is 11.6 Å². The third kappa shape index (κ3) is 2.35. The van der Waals surface area contributed by atoms with Crippen LogP contribution >= 0.6 is 11.6 Å². The molecule has 3 heteroatoms. The fourth-order valence-corrected chi connectivity index (χ4v) is 3.86. The number of benzene rings is 1. The molecule has 1 fully saturated rings. The van der Waals surface area contributed by atoms with E-state index in [1.807, 2.05) is 0 Å². The highest BCUT2D eigenvalue weighted by Gasteiger charge is 2.33. The maximum absolute atomic E-state index is 6.13. The Balaban J connectivity index is 2.05. The lowest BCUT2D eigenvalue weighted by Crippen LogP contribution is -2.23. The van der Waals surface area contributed by atoms with Gasteiger partial charge in [0.05, 0.1) is 16.9 Å². The molecule has 1 saturated carbocycles. The van der Waals surface area contributed by atoms with Gasteiger partial charge in [0.1, 0.15) is 5.82 Å². The molecule has 0 aliphatic heterocycles. The highest BCUT2D eigenvalue weighted by molar-refractivity contribution is 6.16. The third-order valence-corrected chi connectivity index (χ3v) is 5.25. The van der Waals surface area contributed by atoms with E-state index in [9.17, 15) is 0 Å². The van der Waals surface area contributed by atoms with Crippen LogP contribution in [-0.4, -0.2) is 9.55 Å². The van der Waals surface area contributed by atoms with E-state index in [1.54, 1.807) is 0 Å². The molecule has 1 aromatic carbocycles. The van der Waals surface area contributed by atoms with Gasteiger partial charge in [0.25, 0.3) is 0 Å². The summed E-state index contributed by atoms with van der Waals surface area (Å²) in [6, 6.07) is 6.53. The number of imidazole rings is 1. The second-order valence-electron chi connectivity index (χ2n) is 6.30. The molecule has 1 aliphatic rings. The number of fused-ring (bicyclic) bond motifs is 1. The summed E-state index contributed by atoms with van der Waals surface area (Å²) >= 11 is 6.13. The van der Waals surface area contributed by atoms with Crippen LogP contribution in [0, 0.1) is 12.3 Å². The van der Waals surface area contributed by atoms with E-state index in [0.717, 1.165) is 17.9 Å². The van der Waals surface area contributed by atoms with Crippen LogP contribution in [0.4, 0.5) is 0 Å². The van der Waals surface area contributed by atoms with Gasteiger partial charge in [-0.2, -0.15) is 0 Å². The zero-order chi connectivity index (χ0) is 14.2. The van der Waals surface area contributed by atoms with Crippen molar-refractivity contribution in [2.24, 2.45) is 5.41 Å². The van der Waals surface area contributed by atoms with Gasteiger partial charge < -0.3 is 4.57 Å². The van der Waals surface area contributed by atoms with E-state index in [4.69, 9.17) is 16.6 Å². The molecule has 1 aromatic heterocycles. The largest absolute Gasteiger partial charge is 0.326 e. The highest BCUT2D eigenvalue weighted by Crippen LogP contribution is 2.43. The third-order valence-electron chi connectivity index (χ3n) is 5.01. The molecule has 20 heavy (non-hydrogen) atoms. The number of halogens is 1. The van der Waals surface area contributed by atoms with E-state index >= 15 is 0 Å². The SMILES string of the molecule is CCC1(Cn2c(CCl)nc3cc(C)ccc32)CCCC1. The fourth-order valence-electron chi connectivity index (χ4n) is 3.65. The van der Waals surface area contributed by atoms with Crippen LogP contribution in [0.25, 0.3) is 11.0 Å². The Morgan fingerprint density at radius 2 is 2.05 bits per heavy atom. The Labute approximate surface area is 126 Å². The number of nitrogens with zero attached hydrogens (tertiary/aromatic N) is 2. The van der Waals surface area contributed by atoms with Crippen molar-refractivity contribution in [1.82, 2.24) is 9.55 Å². The van der Waals surface area contributed by atoms with Gasteiger partial charge in [0.15, 0.2) is 0 Å². The summed E-state index contributed by atoms with van der Waals surface area (Å²) in [5.74, 6) is 1.51. The Morgan fingerprint density at radius 3 is 2.70 bits per heavy atom. The van der Waals surface area contributed by atoms with E-state index in [0.29, 0.717) is 11.3 Å². The van der Waals surface area contributed by atoms with Crippen molar-refractivity contribution in [2.75, 3.05) is 0 Å². The van der Waals surface area contributed by atoms with Crippen LogP contribution in [0.15, 0.2) is 18.2 Å². The number of hydrogen-bond donors (Lipinski definition) is 0. The summed E-state index contributed by atoms with van der Waals surface area (Å²) < 4.78 is 2.37. The molecule has 2 nitrogen and oxygen atoms in total. The first kappa shape index (κ1) is 13.9. The molecule has 108 valence electrons. The molecule has 0 spiro atoms. The van der Waals surface area contributed by atoms with Crippen LogP contribution in [0.3, 0.4) is 0 Å². The smallest absolute Gasteiger partial charge is 0.124 e. The minimum Gasteiger partial charge on any atom is -0.326 e. The Kier molecular flexibility index (Phi) is 3.76. The molecule has 1 heterocycles. The predicted octanol–water partition coefficient (Wildman–Crippen LogP) is 5.05. The number of hydrogen-bond acceptors (Lipinski definition) is 1. The standard InChI is InChI=1S/C17H23ClN2/c1-3-17(8-4-5-9-17)12-20-15-7-6-13(2)10-14(15)19-16(20)11-18/h6-7,10H,3-5,8-9,11-12H2,1-2H3. The molecule has 0 N–H and O–H groups in total. The van der Waals surface area contributed by atoms with Crippen LogP contribution in [0.1, 0.15) is 50.4 Å². The van der Waals surface area contributed by atoms with Crippen molar-refractivity contribution in [1.29, 1.82) is 0 Å². The summed E-state index contributed by atoms with van der Waals surface area (Å²) in [4.78, 5) is 4.73. The number of rotatable bonds is 4. The first-order chi connectivity index (χ1) is 9.67. The number of aryl methyl sites for hydroxylation is 1. The van der Waals surface area contributed by atoms with Gasteiger partial charge in [-0.25, -0.2) is 4.98 Å². The summed E-state index contributed by atoms with van der Waals surface area (Å²) in [6.45, 7) is 5.52. The zero-order valence-corrected chi connectivity index (χ0v) is 13.2. The Hall–Kier alpha value is -1.02. The van der Waals surface area contributed by atoms with Crippen molar-refractivity contribution in [3.63, 3.8) is 0 Å². The van der Waals surface area contributed by atoms with Crippen molar-refractivity contribution >= 4 is 22.6 Å². The van der Waals surface area contributed by atoms with Gasteiger partial charge in [0.2, 0.25) is 0 Å². The molecule has 0 saturated heterocycles. The predicted molar refractivity (Wildman–Crippen MR) is 85.2 cm³/mol. The minimum absolute atomic E-state index is 0.458. The van der Waals surface area contributed by atoms with Crippen LogP contribution < -0.4 is 0 Å². The van der Waals surface area contributed by atoms with Gasteiger partial charge in [0, 0.05) is 6.54 Å². The first-order valence-electron chi connectivity index (χ1n) is 7.69. The van der Waals surface area contributed by atoms with E-state index in [1.165, 1.54) is 43.2 Å². The summed E-state index contributed by atoms with van der Waals surface area (Å²) in [5.41, 5.74) is 4.05. The minimum atomic E-state index is 0.458. The highest BCUT2D eigenvalue weighted by atomic mass is 35.5. The van der Waals surface area contributed by atoms with Crippen molar-refractivity contribution < 1.29 is 0 Å². The lowest BCUT2D eigenvalue weighted by atomic mass is 9.83. The number of alkyl halides is 1. The van der Waals surface area contributed by atoms with Crippen molar-refractivity contribution in [2.45, 2.75) is 58.4 Å². The normalized spacial score (nSPS) is 17.9. The van der Waals surface area contributed by atoms with Gasteiger partial charge >= 0.3 is 0 Å². The second-order valence-corrected chi connectivity index (χ2v) is 6.57. The quantitative estimate of drug-likeness (QED) is 0.720. The zero-order valence-electron chi connectivity index (χ0n) is 12.5. The summed E-state index contributed by atoms with van der Waals surface area (Å²) in [6.07, 6.45) is 6.68. The number of aromatic nitrogens is 2. The molecule has 0 atom stereocenters. The molecule has 0 bridgehead atoms. The van der Waals surface area contributed by atoms with E-state index < -0.39 is 0 Å². The fraction of sp³-hybridized carbons (Fsp3) is 0.588. The Morgan fingerprint density at radius 1 is 1.30 bits per heavy atom. The lowest BCUT2D eigenvalue weighted by molar-refractivity contribution is 0.238. The topological polar surface area (TPSA) is 17.8 Å². The van der Waals surface area contributed by atoms with Gasteiger partial charge in [-0.1, -0.05) is 25.8 Å².